The molecule has 2 amide bonds. The maximum absolute atomic E-state index is 12.0. The van der Waals surface area contributed by atoms with E-state index >= 15 is 0 Å². The van der Waals surface area contributed by atoms with Crippen molar-refractivity contribution in [1.29, 1.82) is 0 Å². The number of benzene rings is 1. The Kier molecular flexibility index (Phi) is 4.78. The Labute approximate surface area is 132 Å². The number of amides is 2. The van der Waals surface area contributed by atoms with Gasteiger partial charge in [-0.25, -0.2) is 4.79 Å². The molecule has 1 aromatic carbocycles. The SMILES string of the molecule is CC1(C)CC(NC(=O)NCC(O)c2ccccc2)C(C)(C)O1. The third-order valence-electron chi connectivity index (χ3n) is 4.02. The number of hydrogen-bond donors (Lipinski definition) is 3. The molecule has 0 spiro atoms. The second-order valence-corrected chi connectivity index (χ2v) is 7.00. The summed E-state index contributed by atoms with van der Waals surface area (Å²) in [7, 11) is 0. The van der Waals surface area contributed by atoms with Gasteiger partial charge in [-0.1, -0.05) is 30.3 Å². The van der Waals surface area contributed by atoms with E-state index in [1.165, 1.54) is 0 Å². The smallest absolute Gasteiger partial charge is 0.315 e. The van der Waals surface area contributed by atoms with Gasteiger partial charge in [0.15, 0.2) is 0 Å². The zero-order chi connectivity index (χ0) is 16.4. The van der Waals surface area contributed by atoms with Crippen molar-refractivity contribution in [1.82, 2.24) is 10.6 Å². The molecule has 0 aliphatic carbocycles. The first kappa shape index (κ1) is 16.8. The van der Waals surface area contributed by atoms with E-state index in [2.05, 4.69) is 10.6 Å². The van der Waals surface area contributed by atoms with Gasteiger partial charge in [-0.2, -0.15) is 0 Å². The van der Waals surface area contributed by atoms with Crippen LogP contribution in [0.2, 0.25) is 0 Å². The monoisotopic (exact) mass is 306 g/mol. The maximum atomic E-state index is 12.0. The van der Waals surface area contributed by atoms with Gasteiger partial charge in [0.25, 0.3) is 0 Å². The molecule has 1 aliphatic rings. The molecular formula is C17H26N2O3. The van der Waals surface area contributed by atoms with E-state index in [9.17, 15) is 9.90 Å². The van der Waals surface area contributed by atoms with Crippen LogP contribution in [0.25, 0.3) is 0 Å². The van der Waals surface area contributed by atoms with Crippen LogP contribution in [0, 0.1) is 0 Å². The van der Waals surface area contributed by atoms with Crippen molar-refractivity contribution in [3.8, 4) is 0 Å². The summed E-state index contributed by atoms with van der Waals surface area (Å²) >= 11 is 0. The fourth-order valence-corrected chi connectivity index (χ4v) is 2.98. The van der Waals surface area contributed by atoms with Crippen molar-refractivity contribution < 1.29 is 14.6 Å². The number of aliphatic hydroxyl groups excluding tert-OH is 1. The lowest BCUT2D eigenvalue weighted by molar-refractivity contribution is -0.0690. The Bertz CT molecular complexity index is 514. The second kappa shape index (κ2) is 6.26. The first-order chi connectivity index (χ1) is 10.2. The Morgan fingerprint density at radius 1 is 1.32 bits per heavy atom. The number of aliphatic hydroxyl groups is 1. The summed E-state index contributed by atoms with van der Waals surface area (Å²) in [5.41, 5.74) is 0.137. The highest BCUT2D eigenvalue weighted by Gasteiger charge is 2.46. The fourth-order valence-electron chi connectivity index (χ4n) is 2.98. The van der Waals surface area contributed by atoms with Gasteiger partial charge in [0.05, 0.1) is 23.3 Å². The summed E-state index contributed by atoms with van der Waals surface area (Å²) in [5, 5.41) is 15.7. The molecule has 0 aromatic heterocycles. The molecule has 0 radical (unpaired) electrons. The molecule has 0 bridgehead atoms. The van der Waals surface area contributed by atoms with Gasteiger partial charge in [-0.05, 0) is 39.7 Å². The van der Waals surface area contributed by atoms with E-state index in [1.54, 1.807) is 0 Å². The third kappa shape index (κ3) is 4.21. The van der Waals surface area contributed by atoms with Crippen molar-refractivity contribution in [3.05, 3.63) is 35.9 Å². The predicted molar refractivity (Wildman–Crippen MR) is 85.6 cm³/mol. The highest BCUT2D eigenvalue weighted by atomic mass is 16.5. The minimum Gasteiger partial charge on any atom is -0.387 e. The lowest BCUT2D eigenvalue weighted by Gasteiger charge is -2.27. The standard InChI is InChI=1S/C17H26N2O3/c1-16(2)10-14(17(3,4)22-16)19-15(21)18-11-13(20)12-8-6-5-7-9-12/h5-9,13-14,20H,10-11H2,1-4H3,(H2,18,19,21). The molecule has 5 heteroatoms. The topological polar surface area (TPSA) is 70.6 Å². The van der Waals surface area contributed by atoms with Crippen LogP contribution in [0.4, 0.5) is 4.79 Å². The van der Waals surface area contributed by atoms with E-state index in [0.29, 0.717) is 0 Å². The van der Waals surface area contributed by atoms with Crippen LogP contribution in [0.15, 0.2) is 30.3 Å². The molecule has 2 unspecified atom stereocenters. The maximum Gasteiger partial charge on any atom is 0.315 e. The molecule has 2 atom stereocenters. The van der Waals surface area contributed by atoms with Crippen LogP contribution in [0.3, 0.4) is 0 Å². The lowest BCUT2D eigenvalue weighted by atomic mass is 9.95. The highest BCUT2D eigenvalue weighted by molar-refractivity contribution is 5.74. The molecule has 22 heavy (non-hydrogen) atoms. The van der Waals surface area contributed by atoms with Crippen LogP contribution >= 0.6 is 0 Å². The van der Waals surface area contributed by atoms with Crippen LogP contribution < -0.4 is 10.6 Å². The quantitative estimate of drug-likeness (QED) is 0.800. The molecule has 1 aliphatic heterocycles. The minimum absolute atomic E-state index is 0.0589. The summed E-state index contributed by atoms with van der Waals surface area (Å²) in [6, 6.07) is 8.94. The summed E-state index contributed by atoms with van der Waals surface area (Å²) in [5.74, 6) is 0. The highest BCUT2D eigenvalue weighted by Crippen LogP contribution is 2.37. The number of urea groups is 1. The van der Waals surface area contributed by atoms with Crippen LogP contribution in [0.5, 0.6) is 0 Å². The number of hydrogen-bond acceptors (Lipinski definition) is 3. The fraction of sp³-hybridized carbons (Fsp3) is 0.588. The zero-order valence-electron chi connectivity index (χ0n) is 13.7. The summed E-state index contributed by atoms with van der Waals surface area (Å²) in [4.78, 5) is 12.0. The molecule has 1 fully saturated rings. The molecule has 1 heterocycles. The minimum atomic E-state index is -0.712. The third-order valence-corrected chi connectivity index (χ3v) is 4.02. The van der Waals surface area contributed by atoms with E-state index < -0.39 is 11.7 Å². The van der Waals surface area contributed by atoms with Crippen molar-refractivity contribution >= 4 is 6.03 Å². The molecule has 2 rings (SSSR count). The first-order valence-electron chi connectivity index (χ1n) is 7.67. The van der Waals surface area contributed by atoms with Crippen molar-refractivity contribution in [2.75, 3.05) is 6.54 Å². The summed E-state index contributed by atoms with van der Waals surface area (Å²) in [6.07, 6.45) is 0.0468. The van der Waals surface area contributed by atoms with Gasteiger partial charge in [0.2, 0.25) is 0 Å². The molecule has 3 N–H and O–H groups in total. The van der Waals surface area contributed by atoms with Crippen LogP contribution in [-0.4, -0.2) is 34.9 Å². The number of carbonyl (C=O) groups excluding carboxylic acids is 1. The average Bonchev–Trinajstić information content (AvgIpc) is 2.64. The molecule has 1 saturated heterocycles. The van der Waals surface area contributed by atoms with E-state index in [4.69, 9.17) is 4.74 Å². The van der Waals surface area contributed by atoms with Crippen molar-refractivity contribution in [2.45, 2.75) is 57.5 Å². The number of nitrogens with one attached hydrogen (secondary N) is 2. The zero-order valence-corrected chi connectivity index (χ0v) is 13.7. The van der Waals surface area contributed by atoms with Crippen LogP contribution in [-0.2, 0) is 4.74 Å². The van der Waals surface area contributed by atoms with Gasteiger partial charge >= 0.3 is 6.03 Å². The Balaban J connectivity index is 1.84. The van der Waals surface area contributed by atoms with Gasteiger partial charge < -0.3 is 20.5 Å². The second-order valence-electron chi connectivity index (χ2n) is 7.00. The average molecular weight is 306 g/mol. The van der Waals surface area contributed by atoms with Crippen molar-refractivity contribution in [2.24, 2.45) is 0 Å². The Morgan fingerprint density at radius 3 is 2.50 bits per heavy atom. The molecule has 1 aromatic rings. The molecule has 122 valence electrons. The first-order valence-corrected chi connectivity index (χ1v) is 7.67. The van der Waals surface area contributed by atoms with E-state index in [-0.39, 0.29) is 24.2 Å². The van der Waals surface area contributed by atoms with E-state index in [0.717, 1.165) is 12.0 Å². The van der Waals surface area contributed by atoms with Gasteiger partial charge in [0.1, 0.15) is 0 Å². The molecule has 0 saturated carbocycles. The summed E-state index contributed by atoms with van der Waals surface area (Å²) < 4.78 is 5.95. The van der Waals surface area contributed by atoms with E-state index in [1.807, 2.05) is 58.0 Å². The Morgan fingerprint density at radius 2 is 1.95 bits per heavy atom. The van der Waals surface area contributed by atoms with Gasteiger partial charge in [-0.3, -0.25) is 0 Å². The lowest BCUT2D eigenvalue weighted by Crippen LogP contribution is -2.50. The normalized spacial score (nSPS) is 23.8. The van der Waals surface area contributed by atoms with Crippen LogP contribution in [0.1, 0.15) is 45.8 Å². The van der Waals surface area contributed by atoms with Crippen molar-refractivity contribution in [3.63, 3.8) is 0 Å². The number of ether oxygens (including phenoxy) is 1. The van der Waals surface area contributed by atoms with Gasteiger partial charge in [0, 0.05) is 6.54 Å². The predicted octanol–water partition coefficient (Wildman–Crippen LogP) is 2.37. The Hall–Kier alpha value is -1.59. The summed E-state index contributed by atoms with van der Waals surface area (Å²) in [6.45, 7) is 8.17. The molecule has 5 nitrogen and oxygen atoms in total. The number of carbonyl (C=O) groups is 1. The molecular weight excluding hydrogens is 280 g/mol. The number of rotatable bonds is 4. The van der Waals surface area contributed by atoms with Gasteiger partial charge in [-0.15, -0.1) is 0 Å². The largest absolute Gasteiger partial charge is 0.387 e.